The Morgan fingerprint density at radius 2 is 2.33 bits per heavy atom. The first-order chi connectivity index (χ1) is 10.3. The van der Waals surface area contributed by atoms with Crippen LogP contribution in [0, 0.1) is 11.8 Å². The Hall–Kier alpha value is -1.90. The van der Waals surface area contributed by atoms with Crippen molar-refractivity contribution in [3.8, 4) is 11.8 Å². The molecule has 1 amide bonds. The molecule has 1 aromatic heterocycles. The quantitative estimate of drug-likeness (QED) is 0.769. The lowest BCUT2D eigenvalue weighted by Gasteiger charge is -2.21. The van der Waals surface area contributed by atoms with Gasteiger partial charge in [0.25, 0.3) is 5.91 Å². The van der Waals surface area contributed by atoms with E-state index >= 15 is 0 Å². The average molecular weight is 284 g/mol. The molecule has 0 saturated carbocycles. The SMILES string of the molecule is NCC#Cc1cncc(C(=O)NC2CCN3CCCC23)c1. The van der Waals surface area contributed by atoms with Crippen molar-refractivity contribution in [1.29, 1.82) is 0 Å². The van der Waals surface area contributed by atoms with E-state index in [1.165, 1.54) is 19.4 Å². The molecule has 0 spiro atoms. The number of carbonyl (C=O) groups is 1. The first-order valence-electron chi connectivity index (χ1n) is 7.47. The summed E-state index contributed by atoms with van der Waals surface area (Å²) >= 11 is 0. The molecule has 2 atom stereocenters. The highest BCUT2D eigenvalue weighted by Gasteiger charge is 2.37. The molecular weight excluding hydrogens is 264 g/mol. The van der Waals surface area contributed by atoms with Gasteiger partial charge in [0.15, 0.2) is 0 Å². The van der Waals surface area contributed by atoms with Crippen molar-refractivity contribution in [2.45, 2.75) is 31.3 Å². The van der Waals surface area contributed by atoms with Gasteiger partial charge in [0.1, 0.15) is 0 Å². The summed E-state index contributed by atoms with van der Waals surface area (Å²) in [7, 11) is 0. The second-order valence-corrected chi connectivity index (χ2v) is 5.58. The van der Waals surface area contributed by atoms with Crippen molar-refractivity contribution in [3.05, 3.63) is 29.6 Å². The zero-order chi connectivity index (χ0) is 14.7. The van der Waals surface area contributed by atoms with Gasteiger partial charge in [0, 0.05) is 36.6 Å². The van der Waals surface area contributed by atoms with E-state index in [2.05, 4.69) is 27.0 Å². The zero-order valence-corrected chi connectivity index (χ0v) is 12.0. The molecule has 110 valence electrons. The molecule has 1 aromatic rings. The monoisotopic (exact) mass is 284 g/mol. The molecule has 2 aliphatic rings. The Kier molecular flexibility index (Phi) is 4.18. The fourth-order valence-corrected chi connectivity index (χ4v) is 3.29. The molecule has 0 radical (unpaired) electrons. The number of carbonyl (C=O) groups excluding carboxylic acids is 1. The number of nitrogens with one attached hydrogen (secondary N) is 1. The maximum absolute atomic E-state index is 12.4. The molecule has 0 bridgehead atoms. The van der Waals surface area contributed by atoms with Gasteiger partial charge in [-0.25, -0.2) is 0 Å². The van der Waals surface area contributed by atoms with Gasteiger partial charge in [0.2, 0.25) is 0 Å². The highest BCUT2D eigenvalue weighted by atomic mass is 16.1. The molecule has 2 fully saturated rings. The predicted molar refractivity (Wildman–Crippen MR) is 80.6 cm³/mol. The summed E-state index contributed by atoms with van der Waals surface area (Å²) in [5, 5.41) is 3.16. The molecule has 0 aliphatic carbocycles. The predicted octanol–water partition coefficient (Wildman–Crippen LogP) is 0.358. The maximum Gasteiger partial charge on any atom is 0.253 e. The number of aromatic nitrogens is 1. The third kappa shape index (κ3) is 3.07. The van der Waals surface area contributed by atoms with Crippen molar-refractivity contribution in [2.24, 2.45) is 5.73 Å². The smallest absolute Gasteiger partial charge is 0.253 e. The average Bonchev–Trinajstić information content (AvgIpc) is 3.10. The third-order valence-corrected chi connectivity index (χ3v) is 4.26. The van der Waals surface area contributed by atoms with E-state index in [9.17, 15) is 4.79 Å². The van der Waals surface area contributed by atoms with Gasteiger partial charge in [-0.3, -0.25) is 14.7 Å². The number of rotatable bonds is 2. The summed E-state index contributed by atoms with van der Waals surface area (Å²) < 4.78 is 0. The van der Waals surface area contributed by atoms with E-state index in [0.717, 1.165) is 18.5 Å². The minimum absolute atomic E-state index is 0.0577. The maximum atomic E-state index is 12.4. The normalized spacial score (nSPS) is 24.2. The molecule has 5 nitrogen and oxygen atoms in total. The minimum atomic E-state index is -0.0577. The molecule has 21 heavy (non-hydrogen) atoms. The summed E-state index contributed by atoms with van der Waals surface area (Å²) in [6.45, 7) is 2.56. The van der Waals surface area contributed by atoms with Crippen molar-refractivity contribution in [1.82, 2.24) is 15.2 Å². The molecule has 5 heteroatoms. The van der Waals surface area contributed by atoms with Crippen LogP contribution in [-0.4, -0.2) is 47.5 Å². The Morgan fingerprint density at radius 1 is 1.43 bits per heavy atom. The van der Waals surface area contributed by atoms with Crippen LogP contribution in [0.15, 0.2) is 18.5 Å². The molecule has 3 N–H and O–H groups in total. The van der Waals surface area contributed by atoms with Crippen LogP contribution < -0.4 is 11.1 Å². The van der Waals surface area contributed by atoms with Gasteiger partial charge in [0.05, 0.1) is 12.1 Å². The van der Waals surface area contributed by atoms with Crippen LogP contribution in [-0.2, 0) is 0 Å². The molecular formula is C16H20N4O. The Morgan fingerprint density at radius 3 is 3.19 bits per heavy atom. The third-order valence-electron chi connectivity index (χ3n) is 4.26. The number of nitrogens with zero attached hydrogens (tertiary/aromatic N) is 2. The van der Waals surface area contributed by atoms with E-state index in [1.807, 2.05) is 0 Å². The summed E-state index contributed by atoms with van der Waals surface area (Å²) in [6, 6.07) is 2.55. The number of nitrogens with two attached hydrogens (primary N) is 1. The minimum Gasteiger partial charge on any atom is -0.348 e. The van der Waals surface area contributed by atoms with Crippen molar-refractivity contribution in [2.75, 3.05) is 19.6 Å². The van der Waals surface area contributed by atoms with E-state index in [-0.39, 0.29) is 11.9 Å². The van der Waals surface area contributed by atoms with Crippen molar-refractivity contribution >= 4 is 5.91 Å². The molecule has 3 rings (SSSR count). The van der Waals surface area contributed by atoms with Gasteiger partial charge in [-0.05, 0) is 31.9 Å². The van der Waals surface area contributed by atoms with Crippen LogP contribution >= 0.6 is 0 Å². The van der Waals surface area contributed by atoms with Crippen LogP contribution in [0.4, 0.5) is 0 Å². The zero-order valence-electron chi connectivity index (χ0n) is 12.0. The summed E-state index contributed by atoms with van der Waals surface area (Å²) in [6.07, 6.45) is 6.70. The van der Waals surface area contributed by atoms with Crippen LogP contribution in [0.1, 0.15) is 35.2 Å². The number of pyridine rings is 1. The molecule has 2 aliphatic heterocycles. The standard InChI is InChI=1S/C16H20N4O/c17-6-1-3-12-9-13(11-18-10-12)16(21)19-14-5-8-20-7-2-4-15(14)20/h9-11,14-15H,2,4-8,17H2,(H,19,21). The van der Waals surface area contributed by atoms with Crippen LogP contribution in [0.5, 0.6) is 0 Å². The van der Waals surface area contributed by atoms with Gasteiger partial charge in [-0.2, -0.15) is 0 Å². The van der Waals surface area contributed by atoms with E-state index in [4.69, 9.17) is 5.73 Å². The number of amides is 1. The molecule has 2 unspecified atom stereocenters. The van der Waals surface area contributed by atoms with Crippen molar-refractivity contribution < 1.29 is 4.79 Å². The molecule has 3 heterocycles. The van der Waals surface area contributed by atoms with Crippen LogP contribution in [0.2, 0.25) is 0 Å². The lowest BCUT2D eigenvalue weighted by molar-refractivity contribution is 0.0929. The first-order valence-corrected chi connectivity index (χ1v) is 7.47. The van der Waals surface area contributed by atoms with Crippen LogP contribution in [0.3, 0.4) is 0 Å². The van der Waals surface area contributed by atoms with Crippen molar-refractivity contribution in [3.63, 3.8) is 0 Å². The second kappa shape index (κ2) is 6.25. The fourth-order valence-electron chi connectivity index (χ4n) is 3.29. The second-order valence-electron chi connectivity index (χ2n) is 5.58. The topological polar surface area (TPSA) is 71.2 Å². The fraction of sp³-hybridized carbons (Fsp3) is 0.500. The van der Waals surface area contributed by atoms with E-state index < -0.39 is 0 Å². The lowest BCUT2D eigenvalue weighted by Crippen LogP contribution is -2.42. The van der Waals surface area contributed by atoms with E-state index in [1.54, 1.807) is 18.5 Å². The Labute approximate surface area is 124 Å². The van der Waals surface area contributed by atoms with Gasteiger partial charge in [-0.1, -0.05) is 11.8 Å². The molecule has 0 aromatic carbocycles. The Balaban J connectivity index is 1.68. The van der Waals surface area contributed by atoms with Gasteiger partial charge < -0.3 is 11.1 Å². The van der Waals surface area contributed by atoms with E-state index in [0.29, 0.717) is 18.2 Å². The van der Waals surface area contributed by atoms with Gasteiger partial charge in [-0.15, -0.1) is 0 Å². The number of hydrogen-bond acceptors (Lipinski definition) is 4. The highest BCUT2D eigenvalue weighted by Crippen LogP contribution is 2.28. The summed E-state index contributed by atoms with van der Waals surface area (Å²) in [5.41, 5.74) is 6.64. The van der Waals surface area contributed by atoms with Crippen LogP contribution in [0.25, 0.3) is 0 Å². The first kappa shape index (κ1) is 14.1. The largest absolute Gasteiger partial charge is 0.348 e. The lowest BCUT2D eigenvalue weighted by atomic mass is 10.1. The summed E-state index contributed by atoms with van der Waals surface area (Å²) in [4.78, 5) is 18.9. The number of fused-ring (bicyclic) bond motifs is 1. The highest BCUT2D eigenvalue weighted by molar-refractivity contribution is 5.94. The summed E-state index contributed by atoms with van der Waals surface area (Å²) in [5.74, 6) is 5.62. The number of hydrogen-bond donors (Lipinski definition) is 2. The molecule has 2 saturated heterocycles. The van der Waals surface area contributed by atoms with Gasteiger partial charge >= 0.3 is 0 Å². The Bertz CT molecular complexity index is 589.